The minimum Gasteiger partial charge on any atom is -0.394 e. The molecule has 412 valence electrons. The average Bonchev–Trinajstić information content (AvgIpc) is 3.79. The number of fused-ring (bicyclic) bond motifs is 7. The van der Waals surface area contributed by atoms with Gasteiger partial charge in [-0.1, -0.05) is 44.6 Å². The minimum atomic E-state index is -1.86. The lowest BCUT2D eigenvalue weighted by molar-refractivity contribution is -0.394. The summed E-state index contributed by atoms with van der Waals surface area (Å²) >= 11 is 0. The first-order valence-corrected chi connectivity index (χ1v) is 26.3. The third-order valence-corrected chi connectivity index (χ3v) is 19.2. The van der Waals surface area contributed by atoms with Crippen LogP contribution in [0.1, 0.15) is 99.3 Å². The molecule has 0 unspecified atom stereocenters. The Balaban J connectivity index is 0.894. The molecule has 0 aromatic rings. The van der Waals surface area contributed by atoms with Crippen molar-refractivity contribution in [2.45, 2.75) is 240 Å². The Bertz CT molecular complexity index is 1930. The molecule has 0 aromatic heterocycles. The summed E-state index contributed by atoms with van der Waals surface area (Å²) in [6.45, 7) is 14.4. The molecule has 0 aromatic carbocycles. The quantitative estimate of drug-likeness (QED) is 0.0982. The lowest BCUT2D eigenvalue weighted by Crippen LogP contribution is -2.67. The Morgan fingerprint density at radius 1 is 0.653 bits per heavy atom. The van der Waals surface area contributed by atoms with Gasteiger partial charge in [0.15, 0.2) is 30.9 Å². The normalized spacial score (nSPS) is 55.6. The molecule has 8 fully saturated rings. The van der Waals surface area contributed by atoms with E-state index in [4.69, 9.17) is 42.6 Å². The molecular formula is C51H82O21. The molecule has 21 nitrogen and oxygen atoms in total. The van der Waals surface area contributed by atoms with Crippen LogP contribution in [0.4, 0.5) is 0 Å². The minimum absolute atomic E-state index is 0.00692. The maximum absolute atomic E-state index is 12.2. The van der Waals surface area contributed by atoms with Crippen LogP contribution < -0.4 is 0 Å². The number of aliphatic hydroxyl groups is 12. The zero-order chi connectivity index (χ0) is 52.1. The average molecular weight is 1030 g/mol. The van der Waals surface area contributed by atoms with E-state index >= 15 is 0 Å². The highest BCUT2D eigenvalue weighted by atomic mass is 16.8. The van der Waals surface area contributed by atoms with Crippen LogP contribution in [0.25, 0.3) is 0 Å². The first-order chi connectivity index (χ1) is 34.0. The number of ether oxygens (including phenoxy) is 9. The molecule has 72 heavy (non-hydrogen) atoms. The van der Waals surface area contributed by atoms with Gasteiger partial charge in [0.2, 0.25) is 0 Å². The fourth-order valence-corrected chi connectivity index (χ4v) is 14.8. The summed E-state index contributed by atoms with van der Waals surface area (Å²) in [4.78, 5) is 0. The van der Waals surface area contributed by atoms with Gasteiger partial charge < -0.3 is 104 Å². The van der Waals surface area contributed by atoms with Crippen molar-refractivity contribution in [2.75, 3.05) is 13.2 Å². The van der Waals surface area contributed by atoms with Crippen molar-refractivity contribution >= 4 is 0 Å². The van der Waals surface area contributed by atoms with E-state index < -0.39 is 141 Å². The molecule has 30 atom stereocenters. The fraction of sp³-hybridized carbons (Fsp3) is 0.922. The SMILES string of the molecule is C=C(CO)CC[C@@]1(O)O[C@H]2C[C@H]3[C@@H]4CC=C5C[C@@H](O[C@@H]6O[C@H](CO)[C@@H](O[C@@H]7O[C@@H](C)[C@H](O[C@@H]8O[C@@H](C)[C@H](O)[C@@H](O)[C@H]8O)[C@@H](O)[C@H]7O)[C@H](O)[C@H]6O[C@@H]6O[C@@H](C)[C@H](O)[C@@H](O)[C@H]6O)CC[C@]5(C)[C@H]4CC[C@]3(C)[C@H]2[C@@H]1C. The maximum atomic E-state index is 12.2. The van der Waals surface area contributed by atoms with Gasteiger partial charge in [-0.15, -0.1) is 0 Å². The van der Waals surface area contributed by atoms with Gasteiger partial charge in [-0.3, -0.25) is 0 Å². The van der Waals surface area contributed by atoms with Gasteiger partial charge in [-0.25, -0.2) is 0 Å². The molecule has 0 spiro atoms. The van der Waals surface area contributed by atoms with E-state index in [1.165, 1.54) is 26.3 Å². The monoisotopic (exact) mass is 1030 g/mol. The second kappa shape index (κ2) is 21.1. The molecule has 0 bridgehead atoms. The summed E-state index contributed by atoms with van der Waals surface area (Å²) in [6, 6.07) is 0. The summed E-state index contributed by atoms with van der Waals surface area (Å²) in [5.74, 6) is 0.129. The second-order valence-corrected chi connectivity index (χ2v) is 23.3. The Morgan fingerprint density at radius 3 is 1.85 bits per heavy atom. The zero-order valence-corrected chi connectivity index (χ0v) is 42.2. The molecule has 9 aliphatic rings. The number of hydrogen-bond donors (Lipinski definition) is 12. The standard InChI is InChI=1S/C51H82O21/c1-20(18-52)10-15-51(63)21(2)32-30(72-51)17-29-27-9-8-25-16-26(11-13-49(25,6)28(27)12-14-50(29,32)7)67-48-44(71-46-39(60)36(57)34(55)23(4)65-46)41(62)43(31(19-53)68-48)70-47-40(61)37(58)42(24(5)66-47)69-45-38(59)35(56)33(54)22(3)64-45/h8,21-24,26-48,52-63H,1,9-19H2,2-7H3/t21-,22-,23-,24-,26-,27+,28-,29-,30-,31+,32-,33-,34-,35+,36+,37-,38+,39+,40+,41-,42-,43+,44+,45-,46-,47-,48+,49-,50-,51+/m0/s1. The van der Waals surface area contributed by atoms with Crippen molar-refractivity contribution in [3.05, 3.63) is 23.8 Å². The van der Waals surface area contributed by atoms with E-state index in [1.807, 2.05) is 0 Å². The van der Waals surface area contributed by atoms with Crippen LogP contribution in [0.2, 0.25) is 0 Å². The van der Waals surface area contributed by atoms with Crippen LogP contribution in [0.3, 0.4) is 0 Å². The van der Waals surface area contributed by atoms with E-state index in [0.29, 0.717) is 49.0 Å². The summed E-state index contributed by atoms with van der Waals surface area (Å²) < 4.78 is 55.1. The summed E-state index contributed by atoms with van der Waals surface area (Å²) in [5, 5.41) is 130. The highest BCUT2D eigenvalue weighted by Gasteiger charge is 2.68. The van der Waals surface area contributed by atoms with Crippen LogP contribution in [0.15, 0.2) is 23.8 Å². The molecular weight excluding hydrogens is 949 g/mol. The third-order valence-electron chi connectivity index (χ3n) is 19.2. The number of hydrogen-bond acceptors (Lipinski definition) is 21. The first kappa shape index (κ1) is 55.4. The Hall–Kier alpha value is -1.36. The van der Waals surface area contributed by atoms with Crippen LogP contribution in [-0.2, 0) is 42.6 Å². The highest BCUT2D eigenvalue weighted by Crippen LogP contribution is 2.70. The lowest BCUT2D eigenvalue weighted by Gasteiger charge is -2.58. The van der Waals surface area contributed by atoms with E-state index in [0.717, 1.165) is 32.1 Å². The summed E-state index contributed by atoms with van der Waals surface area (Å²) in [6.07, 6.45) is -21.5. The molecule has 9 rings (SSSR count). The molecule has 5 aliphatic heterocycles. The smallest absolute Gasteiger partial charge is 0.187 e. The van der Waals surface area contributed by atoms with E-state index in [9.17, 15) is 61.3 Å². The van der Waals surface area contributed by atoms with Crippen LogP contribution in [0.5, 0.6) is 0 Å². The van der Waals surface area contributed by atoms with Crippen molar-refractivity contribution < 1.29 is 104 Å². The molecule has 0 radical (unpaired) electrons. The van der Waals surface area contributed by atoms with E-state index in [2.05, 4.69) is 33.4 Å². The number of allylic oxidation sites excluding steroid dienone is 1. The Morgan fingerprint density at radius 2 is 1.24 bits per heavy atom. The maximum Gasteiger partial charge on any atom is 0.187 e. The van der Waals surface area contributed by atoms with Gasteiger partial charge >= 0.3 is 0 Å². The molecule has 5 heterocycles. The predicted octanol–water partition coefficient (Wildman–Crippen LogP) is -1.03. The van der Waals surface area contributed by atoms with Crippen LogP contribution in [-0.4, -0.2) is 215 Å². The Labute approximate surface area is 420 Å². The van der Waals surface area contributed by atoms with Crippen molar-refractivity contribution in [1.29, 1.82) is 0 Å². The number of rotatable bonds is 13. The zero-order valence-electron chi connectivity index (χ0n) is 42.2. The van der Waals surface area contributed by atoms with Crippen molar-refractivity contribution in [3.63, 3.8) is 0 Å². The molecule has 5 saturated heterocycles. The van der Waals surface area contributed by atoms with Crippen LogP contribution >= 0.6 is 0 Å². The fourth-order valence-electron chi connectivity index (χ4n) is 14.8. The first-order valence-electron chi connectivity index (χ1n) is 26.3. The number of aliphatic hydroxyl groups excluding tert-OH is 11. The predicted molar refractivity (Wildman–Crippen MR) is 247 cm³/mol. The van der Waals surface area contributed by atoms with Gasteiger partial charge in [-0.05, 0) is 107 Å². The highest BCUT2D eigenvalue weighted by molar-refractivity contribution is 5.26. The van der Waals surface area contributed by atoms with Gasteiger partial charge in [0, 0.05) is 12.3 Å². The van der Waals surface area contributed by atoms with Gasteiger partial charge in [0.25, 0.3) is 0 Å². The molecule has 3 saturated carbocycles. The Kier molecular flexibility index (Phi) is 16.2. The molecule has 4 aliphatic carbocycles. The van der Waals surface area contributed by atoms with E-state index in [-0.39, 0.29) is 35.4 Å². The van der Waals surface area contributed by atoms with Crippen LogP contribution in [0, 0.1) is 40.4 Å². The second-order valence-electron chi connectivity index (χ2n) is 23.3. The topological polar surface area (TPSA) is 326 Å². The van der Waals surface area contributed by atoms with Crippen molar-refractivity contribution in [1.82, 2.24) is 0 Å². The lowest BCUT2D eigenvalue weighted by atomic mass is 9.47. The van der Waals surface area contributed by atoms with Crippen molar-refractivity contribution in [2.24, 2.45) is 40.4 Å². The van der Waals surface area contributed by atoms with Gasteiger partial charge in [-0.2, -0.15) is 0 Å². The third kappa shape index (κ3) is 9.62. The van der Waals surface area contributed by atoms with Gasteiger partial charge in [0.1, 0.15) is 79.4 Å². The largest absolute Gasteiger partial charge is 0.394 e. The van der Waals surface area contributed by atoms with Gasteiger partial charge in [0.05, 0.1) is 43.7 Å². The molecule has 0 amide bonds. The van der Waals surface area contributed by atoms with E-state index in [1.54, 1.807) is 0 Å². The molecule has 21 heteroatoms. The molecule has 12 N–H and O–H groups in total. The summed E-state index contributed by atoms with van der Waals surface area (Å²) in [7, 11) is 0. The summed E-state index contributed by atoms with van der Waals surface area (Å²) in [5.41, 5.74) is 1.81. The van der Waals surface area contributed by atoms with Crippen molar-refractivity contribution in [3.8, 4) is 0 Å².